The molecule has 3 rings (SSSR count). The highest BCUT2D eigenvalue weighted by molar-refractivity contribution is 5.96. The highest BCUT2D eigenvalue weighted by Gasteiger charge is 2.11. The molecule has 3 amide bonds. The minimum absolute atomic E-state index is 0.129. The Morgan fingerprint density at radius 3 is 2.72 bits per heavy atom. The van der Waals surface area contributed by atoms with Crippen LogP contribution in [0.3, 0.4) is 0 Å². The molecule has 1 aromatic carbocycles. The molecule has 1 aromatic heterocycles. The molecule has 1 aliphatic heterocycles. The van der Waals surface area contributed by atoms with Crippen molar-refractivity contribution in [2.24, 2.45) is 0 Å². The third kappa shape index (κ3) is 6.42. The number of ether oxygens (including phenoxy) is 3. The van der Waals surface area contributed by atoms with Crippen molar-refractivity contribution in [2.45, 2.75) is 13.0 Å². The zero-order valence-corrected chi connectivity index (χ0v) is 15.5. The molecular weight excluding hydrogens is 380 g/mol. The lowest BCUT2D eigenvalue weighted by Crippen LogP contribution is -2.41. The molecule has 0 unspecified atom stereocenters. The molecule has 2 aromatic rings. The van der Waals surface area contributed by atoms with E-state index >= 15 is 0 Å². The third-order valence-electron chi connectivity index (χ3n) is 3.79. The smallest absolute Gasteiger partial charge is 0.331 e. The first-order chi connectivity index (χ1) is 14.1. The second-order valence-electron chi connectivity index (χ2n) is 6.01. The van der Waals surface area contributed by atoms with Crippen molar-refractivity contribution in [3.05, 3.63) is 54.0 Å². The average Bonchev–Trinajstić information content (AvgIpc) is 3.13. The van der Waals surface area contributed by atoms with Crippen LogP contribution in [0.25, 0.3) is 6.08 Å². The SMILES string of the molecule is O=C(COC(=O)/C=C/c1ccc2c(c1)OCCCO2)NC(=O)NCc1ccco1. The number of benzene rings is 1. The summed E-state index contributed by atoms with van der Waals surface area (Å²) < 4.78 is 21.0. The van der Waals surface area contributed by atoms with Gasteiger partial charge in [-0.2, -0.15) is 0 Å². The Morgan fingerprint density at radius 1 is 1.10 bits per heavy atom. The van der Waals surface area contributed by atoms with Crippen LogP contribution in [0.5, 0.6) is 11.5 Å². The molecule has 152 valence electrons. The lowest BCUT2D eigenvalue weighted by molar-refractivity contribution is -0.143. The minimum atomic E-state index is -0.751. The predicted octanol–water partition coefficient (Wildman–Crippen LogP) is 2.02. The number of carbonyl (C=O) groups excluding carboxylic acids is 3. The first kappa shape index (κ1) is 20.0. The summed E-state index contributed by atoms with van der Waals surface area (Å²) in [6, 6.07) is 7.93. The van der Waals surface area contributed by atoms with Gasteiger partial charge in [0.1, 0.15) is 5.76 Å². The van der Waals surface area contributed by atoms with Gasteiger partial charge in [-0.3, -0.25) is 10.1 Å². The monoisotopic (exact) mass is 400 g/mol. The molecule has 2 heterocycles. The number of imide groups is 1. The Hall–Kier alpha value is -3.75. The van der Waals surface area contributed by atoms with E-state index in [-0.39, 0.29) is 6.54 Å². The van der Waals surface area contributed by atoms with Gasteiger partial charge in [-0.1, -0.05) is 6.07 Å². The van der Waals surface area contributed by atoms with Crippen LogP contribution >= 0.6 is 0 Å². The predicted molar refractivity (Wildman–Crippen MR) is 101 cm³/mol. The Kier molecular flexibility index (Phi) is 6.88. The van der Waals surface area contributed by atoms with Crippen molar-refractivity contribution in [3.8, 4) is 11.5 Å². The molecular formula is C20H20N2O7. The third-order valence-corrected chi connectivity index (χ3v) is 3.79. The van der Waals surface area contributed by atoms with Crippen molar-refractivity contribution >= 4 is 24.0 Å². The quantitative estimate of drug-likeness (QED) is 0.563. The molecule has 0 radical (unpaired) electrons. The number of hydrogen-bond acceptors (Lipinski definition) is 7. The summed E-state index contributed by atoms with van der Waals surface area (Å²) in [5, 5.41) is 4.49. The van der Waals surface area contributed by atoms with Crippen LogP contribution < -0.4 is 20.1 Å². The second kappa shape index (κ2) is 9.98. The van der Waals surface area contributed by atoms with Crippen LogP contribution in [0.1, 0.15) is 17.7 Å². The van der Waals surface area contributed by atoms with Gasteiger partial charge < -0.3 is 23.9 Å². The highest BCUT2D eigenvalue weighted by Crippen LogP contribution is 2.30. The number of carbonyl (C=O) groups is 3. The molecule has 29 heavy (non-hydrogen) atoms. The van der Waals surface area contributed by atoms with Crippen LogP contribution in [-0.4, -0.2) is 37.7 Å². The van der Waals surface area contributed by atoms with Crippen molar-refractivity contribution < 1.29 is 33.0 Å². The lowest BCUT2D eigenvalue weighted by Gasteiger charge is -2.07. The maximum atomic E-state index is 11.8. The molecule has 0 atom stereocenters. The van der Waals surface area contributed by atoms with Crippen molar-refractivity contribution in [1.82, 2.24) is 10.6 Å². The van der Waals surface area contributed by atoms with Gasteiger partial charge in [-0.05, 0) is 35.9 Å². The van der Waals surface area contributed by atoms with E-state index < -0.39 is 24.5 Å². The van der Waals surface area contributed by atoms with E-state index in [0.29, 0.717) is 36.0 Å². The summed E-state index contributed by atoms with van der Waals surface area (Å²) in [5.41, 5.74) is 0.716. The molecule has 0 saturated heterocycles. The zero-order chi connectivity index (χ0) is 20.5. The Balaban J connectivity index is 1.40. The van der Waals surface area contributed by atoms with Crippen molar-refractivity contribution in [3.63, 3.8) is 0 Å². The van der Waals surface area contributed by atoms with Crippen LogP contribution in [0.15, 0.2) is 47.1 Å². The van der Waals surface area contributed by atoms with E-state index in [0.717, 1.165) is 6.42 Å². The van der Waals surface area contributed by atoms with Gasteiger partial charge in [0.15, 0.2) is 18.1 Å². The molecule has 0 fully saturated rings. The number of hydrogen-bond donors (Lipinski definition) is 2. The highest BCUT2D eigenvalue weighted by atomic mass is 16.5. The molecule has 0 spiro atoms. The zero-order valence-electron chi connectivity index (χ0n) is 15.5. The summed E-state index contributed by atoms with van der Waals surface area (Å²) in [5.74, 6) is 0.337. The van der Waals surface area contributed by atoms with Crippen LogP contribution in [0, 0.1) is 0 Å². The van der Waals surface area contributed by atoms with E-state index in [2.05, 4.69) is 5.32 Å². The maximum absolute atomic E-state index is 11.8. The van der Waals surface area contributed by atoms with Gasteiger partial charge in [0.2, 0.25) is 0 Å². The first-order valence-corrected chi connectivity index (χ1v) is 8.95. The van der Waals surface area contributed by atoms with E-state index in [1.54, 1.807) is 30.3 Å². The number of furan rings is 1. The number of esters is 1. The second-order valence-corrected chi connectivity index (χ2v) is 6.01. The maximum Gasteiger partial charge on any atom is 0.331 e. The standard InChI is InChI=1S/C20H20N2O7/c23-18(22-20(25)21-12-15-3-1-8-26-15)13-29-19(24)7-5-14-4-6-16-17(11-14)28-10-2-9-27-16/h1,3-8,11H,2,9-10,12-13H2,(H2,21,22,23,25)/b7-5+. The van der Waals surface area contributed by atoms with Crippen LogP contribution in [-0.2, 0) is 20.9 Å². The summed E-state index contributed by atoms with van der Waals surface area (Å²) >= 11 is 0. The Labute approximate surface area is 166 Å². The molecule has 9 nitrogen and oxygen atoms in total. The summed E-state index contributed by atoms with van der Waals surface area (Å²) in [6.07, 6.45) is 4.99. The lowest BCUT2D eigenvalue weighted by atomic mass is 10.2. The summed E-state index contributed by atoms with van der Waals surface area (Å²) in [6.45, 7) is 0.701. The van der Waals surface area contributed by atoms with Gasteiger partial charge in [0.25, 0.3) is 5.91 Å². The average molecular weight is 400 g/mol. The topological polar surface area (TPSA) is 116 Å². The molecule has 0 bridgehead atoms. The van der Waals surface area contributed by atoms with E-state index in [1.807, 2.05) is 5.32 Å². The Morgan fingerprint density at radius 2 is 1.93 bits per heavy atom. The number of nitrogens with one attached hydrogen (secondary N) is 2. The van der Waals surface area contributed by atoms with Crippen LogP contribution in [0.4, 0.5) is 4.79 Å². The van der Waals surface area contributed by atoms with Crippen molar-refractivity contribution in [2.75, 3.05) is 19.8 Å². The number of urea groups is 1. The molecule has 9 heteroatoms. The number of rotatable bonds is 6. The molecule has 0 saturated carbocycles. The minimum Gasteiger partial charge on any atom is -0.490 e. The van der Waals surface area contributed by atoms with Crippen molar-refractivity contribution in [1.29, 1.82) is 0 Å². The number of fused-ring (bicyclic) bond motifs is 1. The fourth-order valence-electron chi connectivity index (χ4n) is 2.42. The largest absolute Gasteiger partial charge is 0.490 e. The number of amides is 3. The van der Waals surface area contributed by atoms with Gasteiger partial charge in [0, 0.05) is 12.5 Å². The summed E-state index contributed by atoms with van der Waals surface area (Å²) in [4.78, 5) is 35.0. The van der Waals surface area contributed by atoms with Gasteiger partial charge in [0.05, 0.1) is 26.0 Å². The fraction of sp³-hybridized carbons (Fsp3) is 0.250. The molecule has 2 N–H and O–H groups in total. The Bertz CT molecular complexity index is 890. The summed E-state index contributed by atoms with van der Waals surface area (Å²) in [7, 11) is 0. The molecule has 0 aliphatic carbocycles. The molecule has 1 aliphatic rings. The van der Waals surface area contributed by atoms with Gasteiger partial charge in [-0.15, -0.1) is 0 Å². The van der Waals surface area contributed by atoms with E-state index in [1.165, 1.54) is 18.4 Å². The van der Waals surface area contributed by atoms with Gasteiger partial charge in [-0.25, -0.2) is 9.59 Å². The first-order valence-electron chi connectivity index (χ1n) is 8.95. The normalized spacial score (nSPS) is 12.8. The van der Waals surface area contributed by atoms with Gasteiger partial charge >= 0.3 is 12.0 Å². The van der Waals surface area contributed by atoms with E-state index in [4.69, 9.17) is 18.6 Å². The van der Waals surface area contributed by atoms with E-state index in [9.17, 15) is 14.4 Å². The fourth-order valence-corrected chi connectivity index (χ4v) is 2.42. The van der Waals surface area contributed by atoms with Crippen LogP contribution in [0.2, 0.25) is 0 Å².